The number of hydrogen-bond donors (Lipinski definition) is 1. The molecule has 0 radical (unpaired) electrons. The summed E-state index contributed by atoms with van der Waals surface area (Å²) in [4.78, 5) is 31.7. The Morgan fingerprint density at radius 2 is 1.91 bits per heavy atom. The first-order chi connectivity index (χ1) is 15.9. The maximum atomic E-state index is 13.2. The molecule has 2 aromatic carbocycles. The molecule has 1 aliphatic heterocycles. The lowest BCUT2D eigenvalue weighted by Crippen LogP contribution is -2.31. The Morgan fingerprint density at radius 1 is 1.18 bits per heavy atom. The molecule has 0 spiro atoms. The zero-order valence-corrected chi connectivity index (χ0v) is 19.4. The Kier molecular flexibility index (Phi) is 6.69. The monoisotopic (exact) mass is 462 g/mol. The third kappa shape index (κ3) is 5.38. The van der Waals surface area contributed by atoms with Crippen LogP contribution in [0.5, 0.6) is 0 Å². The molecule has 33 heavy (non-hydrogen) atoms. The van der Waals surface area contributed by atoms with Gasteiger partial charge in [-0.25, -0.2) is 4.99 Å². The minimum atomic E-state index is -0.290. The van der Waals surface area contributed by atoms with Crippen molar-refractivity contribution in [3.63, 3.8) is 0 Å². The van der Waals surface area contributed by atoms with E-state index in [0.717, 1.165) is 5.56 Å². The fourth-order valence-corrected chi connectivity index (χ4v) is 4.03. The number of aromatic nitrogens is 2. The Morgan fingerprint density at radius 3 is 2.55 bits per heavy atom. The standard InChI is InChI=1S/C24H23N5O3S/c1-16(2)18-11-9-17(10-12-18)13-20-23(31)29(19-7-5-4-6-8-19)24(25-20)33-15-21(30)26-22-14-28(3)27-32-22/h4-14,16H,15H2,1-3H3/p+1/b20-13+. The maximum absolute atomic E-state index is 13.2. The predicted molar refractivity (Wildman–Crippen MR) is 129 cm³/mol. The zero-order chi connectivity index (χ0) is 23.4. The Labute approximate surface area is 196 Å². The van der Waals surface area contributed by atoms with E-state index >= 15 is 0 Å². The first-order valence-electron chi connectivity index (χ1n) is 10.5. The number of carbonyl (C=O) groups excluding carboxylic acids is 2. The van der Waals surface area contributed by atoms with Crippen LogP contribution in [0.3, 0.4) is 0 Å². The molecule has 1 N–H and O–H groups in total. The van der Waals surface area contributed by atoms with Crippen molar-refractivity contribution >= 4 is 46.4 Å². The van der Waals surface area contributed by atoms with Crippen molar-refractivity contribution in [1.82, 2.24) is 5.27 Å². The van der Waals surface area contributed by atoms with E-state index in [1.54, 1.807) is 19.3 Å². The Bertz CT molecular complexity index is 1220. The third-order valence-electron chi connectivity index (χ3n) is 4.92. The summed E-state index contributed by atoms with van der Waals surface area (Å²) in [5, 5.41) is 6.74. The minimum Gasteiger partial charge on any atom is -0.288 e. The number of nitrogens with zero attached hydrogens (tertiary/aromatic N) is 4. The molecule has 0 aliphatic carbocycles. The van der Waals surface area contributed by atoms with Crippen LogP contribution in [0, 0.1) is 0 Å². The first kappa shape index (κ1) is 22.5. The van der Waals surface area contributed by atoms with Gasteiger partial charge in [-0.1, -0.05) is 72.8 Å². The number of hydrogen-bond acceptors (Lipinski definition) is 6. The molecule has 0 bridgehead atoms. The van der Waals surface area contributed by atoms with Gasteiger partial charge in [-0.3, -0.25) is 24.3 Å². The molecule has 1 aromatic heterocycles. The SMILES string of the molecule is CC(C)c1ccc(/C=C2/N=C(SCC(=O)Nc3c[n+](C)no3)N(c3ccccc3)C2=O)cc1. The smallest absolute Gasteiger partial charge is 0.288 e. The number of carbonyl (C=O) groups is 2. The van der Waals surface area contributed by atoms with Crippen LogP contribution in [0.2, 0.25) is 0 Å². The van der Waals surface area contributed by atoms with Gasteiger partial charge in [-0.05, 0) is 35.3 Å². The molecular weight excluding hydrogens is 438 g/mol. The molecule has 168 valence electrons. The van der Waals surface area contributed by atoms with Crippen molar-refractivity contribution in [2.24, 2.45) is 12.0 Å². The van der Waals surface area contributed by atoms with E-state index in [0.29, 0.717) is 22.5 Å². The molecule has 1 aliphatic rings. The first-order valence-corrected chi connectivity index (χ1v) is 11.4. The van der Waals surface area contributed by atoms with Crippen molar-refractivity contribution < 1.29 is 18.8 Å². The summed E-state index contributed by atoms with van der Waals surface area (Å²) in [6, 6.07) is 17.3. The number of anilines is 2. The molecule has 0 saturated heterocycles. The second-order valence-electron chi connectivity index (χ2n) is 7.80. The maximum Gasteiger partial charge on any atom is 0.302 e. The third-order valence-corrected chi connectivity index (χ3v) is 5.86. The molecule has 2 amide bonds. The van der Waals surface area contributed by atoms with E-state index in [4.69, 9.17) is 4.52 Å². The quantitative estimate of drug-likeness (QED) is 0.445. The van der Waals surface area contributed by atoms with Gasteiger partial charge in [0.1, 0.15) is 5.70 Å². The molecule has 0 saturated carbocycles. The lowest BCUT2D eigenvalue weighted by molar-refractivity contribution is -0.739. The van der Waals surface area contributed by atoms with E-state index in [9.17, 15) is 9.59 Å². The number of aliphatic imine (C=N–C) groups is 1. The van der Waals surface area contributed by atoms with Crippen LogP contribution in [0.15, 0.2) is 76.0 Å². The highest BCUT2D eigenvalue weighted by Gasteiger charge is 2.32. The Hall–Kier alpha value is -3.72. The van der Waals surface area contributed by atoms with Gasteiger partial charge in [-0.2, -0.15) is 0 Å². The number of para-hydroxylation sites is 1. The van der Waals surface area contributed by atoms with E-state index in [1.165, 1.54) is 26.9 Å². The van der Waals surface area contributed by atoms with Crippen molar-refractivity contribution in [2.45, 2.75) is 19.8 Å². The van der Waals surface area contributed by atoms with Gasteiger partial charge in [0, 0.05) is 0 Å². The number of amidine groups is 1. The van der Waals surface area contributed by atoms with Crippen molar-refractivity contribution in [2.75, 3.05) is 16.0 Å². The summed E-state index contributed by atoms with van der Waals surface area (Å²) >= 11 is 1.18. The van der Waals surface area contributed by atoms with Crippen LogP contribution in [0.1, 0.15) is 30.9 Å². The molecule has 8 nitrogen and oxygen atoms in total. The lowest BCUT2D eigenvalue weighted by atomic mass is 10.0. The van der Waals surface area contributed by atoms with E-state index in [-0.39, 0.29) is 23.5 Å². The second-order valence-corrected chi connectivity index (χ2v) is 8.74. The van der Waals surface area contributed by atoms with Crippen LogP contribution >= 0.6 is 11.8 Å². The summed E-state index contributed by atoms with van der Waals surface area (Å²) < 4.78 is 6.44. The van der Waals surface area contributed by atoms with Gasteiger partial charge in [0.15, 0.2) is 17.5 Å². The van der Waals surface area contributed by atoms with Crippen LogP contribution in [0.4, 0.5) is 11.6 Å². The van der Waals surface area contributed by atoms with Gasteiger partial charge in [0.25, 0.3) is 12.1 Å². The highest BCUT2D eigenvalue weighted by Crippen LogP contribution is 2.29. The average molecular weight is 463 g/mol. The molecule has 9 heteroatoms. The summed E-state index contributed by atoms with van der Waals surface area (Å²) in [5.41, 5.74) is 3.13. The average Bonchev–Trinajstić information content (AvgIpc) is 3.35. The number of nitrogens with one attached hydrogen (secondary N) is 1. The summed E-state index contributed by atoms with van der Waals surface area (Å²) in [6.07, 6.45) is 3.32. The molecule has 4 rings (SSSR count). The van der Waals surface area contributed by atoms with E-state index in [1.807, 2.05) is 42.5 Å². The number of benzene rings is 2. The molecular formula is C24H24N5O3S+. The van der Waals surface area contributed by atoms with Crippen LogP contribution in [0.25, 0.3) is 6.08 Å². The highest BCUT2D eigenvalue weighted by molar-refractivity contribution is 8.14. The van der Waals surface area contributed by atoms with Crippen molar-refractivity contribution in [3.05, 3.63) is 77.6 Å². The van der Waals surface area contributed by atoms with Gasteiger partial charge in [0.05, 0.1) is 11.4 Å². The van der Waals surface area contributed by atoms with E-state index in [2.05, 4.69) is 41.6 Å². The lowest BCUT2D eigenvalue weighted by Gasteiger charge is -2.17. The molecule has 0 fully saturated rings. The fraction of sp³-hybridized carbons (Fsp3) is 0.208. The fourth-order valence-electron chi connectivity index (χ4n) is 3.22. The number of thioether (sulfide) groups is 1. The molecule has 0 atom stereocenters. The second kappa shape index (κ2) is 9.83. The van der Waals surface area contributed by atoms with Gasteiger partial charge in [-0.15, -0.1) is 0 Å². The van der Waals surface area contributed by atoms with Gasteiger partial charge in [0.2, 0.25) is 5.91 Å². The summed E-state index contributed by atoms with van der Waals surface area (Å²) in [5.74, 6) is 0.204. The summed E-state index contributed by atoms with van der Waals surface area (Å²) in [6.45, 7) is 4.27. The number of aryl methyl sites for hydroxylation is 1. The van der Waals surface area contributed by atoms with Crippen molar-refractivity contribution in [1.29, 1.82) is 0 Å². The molecule has 3 aromatic rings. The molecule has 2 heterocycles. The molecule has 0 unspecified atom stereocenters. The van der Waals surface area contributed by atoms with E-state index < -0.39 is 0 Å². The number of amides is 2. The van der Waals surface area contributed by atoms with Crippen LogP contribution in [-0.2, 0) is 16.6 Å². The Balaban J connectivity index is 1.55. The minimum absolute atomic E-state index is 0.0518. The van der Waals surface area contributed by atoms with Crippen LogP contribution in [-0.4, -0.2) is 28.0 Å². The largest absolute Gasteiger partial charge is 0.302 e. The van der Waals surface area contributed by atoms with Gasteiger partial charge < -0.3 is 0 Å². The summed E-state index contributed by atoms with van der Waals surface area (Å²) in [7, 11) is 1.69. The zero-order valence-electron chi connectivity index (χ0n) is 18.6. The van der Waals surface area contributed by atoms with Crippen molar-refractivity contribution in [3.8, 4) is 0 Å². The number of rotatable bonds is 6. The predicted octanol–water partition coefficient (Wildman–Crippen LogP) is 3.74. The van der Waals surface area contributed by atoms with Crippen LogP contribution < -0.4 is 14.9 Å². The highest BCUT2D eigenvalue weighted by atomic mass is 32.2. The normalized spacial score (nSPS) is 14.8. The topological polar surface area (TPSA) is 91.7 Å². The van der Waals surface area contributed by atoms with Gasteiger partial charge >= 0.3 is 5.88 Å².